The standard InChI is InChI=1S/C17H18N2OS/c1-12-6-8-13(9-7-12)21-11-17-18-10-14-15(19-17)4-2-3-5-16(14)20/h6-10H,2-5,11H2,1H3. The molecule has 21 heavy (non-hydrogen) atoms. The van der Waals surface area contributed by atoms with E-state index >= 15 is 0 Å². The molecule has 1 aliphatic carbocycles. The number of carbonyl (C=O) groups excluding carboxylic acids is 1. The zero-order valence-corrected chi connectivity index (χ0v) is 12.9. The van der Waals surface area contributed by atoms with E-state index in [0.717, 1.165) is 42.1 Å². The number of hydrogen-bond donors (Lipinski definition) is 0. The van der Waals surface area contributed by atoms with Crippen LogP contribution < -0.4 is 0 Å². The number of aromatic nitrogens is 2. The molecular formula is C17H18N2OS. The molecule has 1 aromatic heterocycles. The number of Topliss-reactive ketones (excluding diaryl/α,β-unsaturated/α-hetero) is 1. The SMILES string of the molecule is Cc1ccc(SCc2ncc3c(n2)CCCCC3=O)cc1. The quantitative estimate of drug-likeness (QED) is 0.635. The molecule has 0 saturated carbocycles. The summed E-state index contributed by atoms with van der Waals surface area (Å²) in [6.07, 6.45) is 5.25. The van der Waals surface area contributed by atoms with Crippen LogP contribution in [-0.2, 0) is 12.2 Å². The van der Waals surface area contributed by atoms with Gasteiger partial charge >= 0.3 is 0 Å². The normalized spacial score (nSPS) is 14.6. The van der Waals surface area contributed by atoms with Crippen LogP contribution in [0.4, 0.5) is 0 Å². The summed E-state index contributed by atoms with van der Waals surface area (Å²) < 4.78 is 0. The summed E-state index contributed by atoms with van der Waals surface area (Å²) in [5.41, 5.74) is 2.93. The van der Waals surface area contributed by atoms with Gasteiger partial charge in [-0.1, -0.05) is 17.7 Å². The van der Waals surface area contributed by atoms with Gasteiger partial charge in [0.1, 0.15) is 5.82 Å². The van der Waals surface area contributed by atoms with Crippen molar-refractivity contribution in [3.8, 4) is 0 Å². The van der Waals surface area contributed by atoms with Crippen molar-refractivity contribution < 1.29 is 4.79 Å². The van der Waals surface area contributed by atoms with Gasteiger partial charge in [-0.3, -0.25) is 4.79 Å². The third-order valence-corrected chi connectivity index (χ3v) is 4.68. The molecule has 1 aliphatic rings. The first kappa shape index (κ1) is 14.3. The van der Waals surface area contributed by atoms with Gasteiger partial charge in [-0.15, -0.1) is 11.8 Å². The fourth-order valence-corrected chi connectivity index (χ4v) is 3.21. The summed E-state index contributed by atoms with van der Waals surface area (Å²) in [5.74, 6) is 1.75. The highest BCUT2D eigenvalue weighted by Crippen LogP contribution is 2.23. The van der Waals surface area contributed by atoms with E-state index in [-0.39, 0.29) is 5.78 Å². The topological polar surface area (TPSA) is 42.9 Å². The van der Waals surface area contributed by atoms with Crippen LogP contribution in [0, 0.1) is 6.92 Å². The van der Waals surface area contributed by atoms with Gasteiger partial charge in [0.2, 0.25) is 0 Å². The van der Waals surface area contributed by atoms with Crippen molar-refractivity contribution in [1.82, 2.24) is 9.97 Å². The average Bonchev–Trinajstić information content (AvgIpc) is 2.68. The maximum atomic E-state index is 11.9. The molecule has 108 valence electrons. The van der Waals surface area contributed by atoms with Crippen LogP contribution in [0.1, 0.15) is 46.7 Å². The van der Waals surface area contributed by atoms with Crippen LogP contribution in [0.5, 0.6) is 0 Å². The van der Waals surface area contributed by atoms with Crippen molar-refractivity contribution in [2.45, 2.75) is 43.3 Å². The Bertz CT molecular complexity index is 652. The number of thioether (sulfide) groups is 1. The molecule has 0 bridgehead atoms. The summed E-state index contributed by atoms with van der Waals surface area (Å²) in [6.45, 7) is 2.08. The van der Waals surface area contributed by atoms with Crippen LogP contribution in [0.15, 0.2) is 35.4 Å². The lowest BCUT2D eigenvalue weighted by Crippen LogP contribution is -2.06. The van der Waals surface area contributed by atoms with E-state index in [1.807, 2.05) is 0 Å². The van der Waals surface area contributed by atoms with E-state index < -0.39 is 0 Å². The van der Waals surface area contributed by atoms with Crippen molar-refractivity contribution in [3.05, 3.63) is 53.1 Å². The molecule has 2 aromatic rings. The van der Waals surface area contributed by atoms with Gasteiger partial charge in [-0.2, -0.15) is 0 Å². The van der Waals surface area contributed by atoms with E-state index in [2.05, 4.69) is 41.2 Å². The monoisotopic (exact) mass is 298 g/mol. The lowest BCUT2D eigenvalue weighted by atomic mass is 10.1. The van der Waals surface area contributed by atoms with Gasteiger partial charge in [0, 0.05) is 17.5 Å². The first-order valence-corrected chi connectivity index (χ1v) is 8.28. The van der Waals surface area contributed by atoms with Gasteiger partial charge in [0.15, 0.2) is 5.78 Å². The minimum atomic E-state index is 0.195. The van der Waals surface area contributed by atoms with Crippen molar-refractivity contribution in [2.24, 2.45) is 0 Å². The predicted molar refractivity (Wildman–Crippen MR) is 84.7 cm³/mol. The largest absolute Gasteiger partial charge is 0.294 e. The first-order valence-electron chi connectivity index (χ1n) is 7.30. The molecule has 1 aromatic carbocycles. The summed E-state index contributed by atoms with van der Waals surface area (Å²) >= 11 is 1.73. The number of ketones is 1. The van der Waals surface area contributed by atoms with Crippen molar-refractivity contribution >= 4 is 17.5 Å². The molecule has 0 atom stereocenters. The van der Waals surface area contributed by atoms with Gasteiger partial charge < -0.3 is 0 Å². The number of benzene rings is 1. The summed E-state index contributed by atoms with van der Waals surface area (Å²) in [6, 6.07) is 8.46. The molecule has 0 amide bonds. The molecule has 0 radical (unpaired) electrons. The summed E-state index contributed by atoms with van der Waals surface area (Å²) in [4.78, 5) is 22.1. The Morgan fingerprint density at radius 1 is 1.14 bits per heavy atom. The lowest BCUT2D eigenvalue weighted by molar-refractivity contribution is 0.0981. The Morgan fingerprint density at radius 3 is 2.71 bits per heavy atom. The highest BCUT2D eigenvalue weighted by molar-refractivity contribution is 7.98. The van der Waals surface area contributed by atoms with E-state index in [0.29, 0.717) is 6.42 Å². The third kappa shape index (κ3) is 3.50. The van der Waals surface area contributed by atoms with E-state index in [1.165, 1.54) is 10.5 Å². The van der Waals surface area contributed by atoms with Crippen LogP contribution >= 0.6 is 11.8 Å². The fraction of sp³-hybridized carbons (Fsp3) is 0.353. The summed E-state index contributed by atoms with van der Waals surface area (Å²) in [7, 11) is 0. The van der Waals surface area contributed by atoms with E-state index in [1.54, 1.807) is 18.0 Å². The van der Waals surface area contributed by atoms with Gasteiger partial charge in [0.25, 0.3) is 0 Å². The Kier molecular flexibility index (Phi) is 4.34. The van der Waals surface area contributed by atoms with E-state index in [9.17, 15) is 4.79 Å². The molecular weight excluding hydrogens is 280 g/mol. The fourth-order valence-electron chi connectivity index (χ4n) is 2.45. The van der Waals surface area contributed by atoms with E-state index in [4.69, 9.17) is 0 Å². The molecule has 0 unspecified atom stereocenters. The summed E-state index contributed by atoms with van der Waals surface area (Å²) in [5, 5.41) is 0. The van der Waals surface area contributed by atoms with Crippen molar-refractivity contribution in [2.75, 3.05) is 0 Å². The zero-order valence-electron chi connectivity index (χ0n) is 12.1. The van der Waals surface area contributed by atoms with Crippen LogP contribution in [-0.4, -0.2) is 15.8 Å². The molecule has 4 heteroatoms. The molecule has 0 spiro atoms. The predicted octanol–water partition coefficient (Wildman–Crippen LogP) is 3.99. The highest BCUT2D eigenvalue weighted by Gasteiger charge is 2.17. The molecule has 0 N–H and O–H groups in total. The Hall–Kier alpha value is -1.68. The number of nitrogens with zero attached hydrogens (tertiary/aromatic N) is 2. The highest BCUT2D eigenvalue weighted by atomic mass is 32.2. The number of hydrogen-bond acceptors (Lipinski definition) is 4. The molecule has 1 heterocycles. The second kappa shape index (κ2) is 6.39. The molecule has 0 saturated heterocycles. The zero-order chi connectivity index (χ0) is 14.7. The lowest BCUT2D eigenvalue weighted by Gasteiger charge is -2.06. The minimum absolute atomic E-state index is 0.195. The Labute approximate surface area is 129 Å². The molecule has 0 aliphatic heterocycles. The van der Waals surface area contributed by atoms with Gasteiger partial charge in [-0.25, -0.2) is 9.97 Å². The Morgan fingerprint density at radius 2 is 1.90 bits per heavy atom. The third-order valence-electron chi connectivity index (χ3n) is 3.67. The second-order valence-electron chi connectivity index (χ2n) is 5.38. The second-order valence-corrected chi connectivity index (χ2v) is 6.43. The van der Waals surface area contributed by atoms with Crippen LogP contribution in [0.25, 0.3) is 0 Å². The number of fused-ring (bicyclic) bond motifs is 1. The average molecular weight is 298 g/mol. The van der Waals surface area contributed by atoms with Gasteiger partial charge in [0.05, 0.1) is 17.0 Å². The maximum absolute atomic E-state index is 11.9. The van der Waals surface area contributed by atoms with Crippen LogP contribution in [0.3, 0.4) is 0 Å². The van der Waals surface area contributed by atoms with Crippen LogP contribution in [0.2, 0.25) is 0 Å². The van der Waals surface area contributed by atoms with Crippen molar-refractivity contribution in [1.29, 1.82) is 0 Å². The molecule has 3 rings (SSSR count). The number of carbonyl (C=O) groups is 1. The smallest absolute Gasteiger partial charge is 0.166 e. The minimum Gasteiger partial charge on any atom is -0.294 e. The first-order chi connectivity index (χ1) is 10.2. The van der Waals surface area contributed by atoms with Gasteiger partial charge in [-0.05, 0) is 38.3 Å². The number of rotatable bonds is 3. The Balaban J connectivity index is 1.73. The molecule has 3 nitrogen and oxygen atoms in total. The van der Waals surface area contributed by atoms with Crippen molar-refractivity contribution in [3.63, 3.8) is 0 Å². The maximum Gasteiger partial charge on any atom is 0.166 e. The molecule has 0 fully saturated rings. The number of aryl methyl sites for hydroxylation is 2.